The first kappa shape index (κ1) is 16.3. The average molecular weight is 566 g/mol. The Labute approximate surface area is 255 Å². The lowest BCUT2D eigenvalue weighted by atomic mass is 10.0. The fraction of sp³-hybridized carbons (Fsp3) is 0.621. The molecule has 3 fully saturated rings. The highest BCUT2D eigenvalue weighted by molar-refractivity contribution is 5.96. The molecule has 3 saturated heterocycles. The largest absolute Gasteiger partial charge is 0.495 e. The Bertz CT molecular complexity index is 1650. The number of methoxy groups -OCH3 is 1. The van der Waals surface area contributed by atoms with Gasteiger partial charge in [-0.25, -0.2) is 9.97 Å². The maximum atomic E-state index is 12.5. The molecule has 11 nitrogen and oxygen atoms in total. The summed E-state index contributed by atoms with van der Waals surface area (Å²) < 4.78 is 119. The highest BCUT2D eigenvalue weighted by Crippen LogP contribution is 2.35. The van der Waals surface area contributed by atoms with Crippen molar-refractivity contribution >= 4 is 28.9 Å². The molecule has 3 aliphatic rings. The van der Waals surface area contributed by atoms with Crippen LogP contribution in [-0.4, -0.2) is 104 Å². The average Bonchev–Trinajstić information content (AvgIpc) is 3.03. The van der Waals surface area contributed by atoms with Gasteiger partial charge in [0.1, 0.15) is 5.75 Å². The highest BCUT2D eigenvalue weighted by atomic mass is 16.5. The molecule has 2 aromatic rings. The van der Waals surface area contributed by atoms with Gasteiger partial charge in [0.2, 0.25) is 0 Å². The maximum absolute atomic E-state index is 12.5. The quantitative estimate of drug-likeness (QED) is 0.418. The molecule has 4 N–H and O–H groups in total. The van der Waals surface area contributed by atoms with Crippen LogP contribution in [0, 0.1) is 0 Å². The lowest BCUT2D eigenvalue weighted by Gasteiger charge is -2.42. The molecule has 1 amide bonds. The summed E-state index contributed by atoms with van der Waals surface area (Å²) in [7, 11) is 1.44. The Kier molecular flexibility index (Phi) is 5.31. The van der Waals surface area contributed by atoms with Crippen molar-refractivity contribution in [2.45, 2.75) is 51.1 Å². The molecule has 3 aliphatic heterocycles. The normalized spacial score (nSPS) is 30.4. The van der Waals surface area contributed by atoms with E-state index in [9.17, 15) is 4.79 Å². The van der Waals surface area contributed by atoms with Gasteiger partial charge in [-0.2, -0.15) is 0 Å². The van der Waals surface area contributed by atoms with Crippen molar-refractivity contribution in [2.24, 2.45) is 5.73 Å². The number of carbonyl (C=O) groups is 1. The first-order valence-electron chi connectivity index (χ1n) is 19.7. The number of anilines is 4. The standard InChI is InChI=1S/C29H44N8O3/c1-4-23-28(31-20-9-17-40-18-10-20)34-29(26(33-23)27(30)38)32-21-5-6-24(25(19-21)39-3)37-11-7-22(8-12-37)36-15-13-35(2)14-16-36/h5-6,19-20,22H,4,7-18H2,1-3H3,(H2,30,38)(H2,31,32,34)/i2D3,4D2,13D2,14D2,15D2,16D2. The third-order valence-corrected chi connectivity index (χ3v) is 7.11. The number of hydrogen-bond acceptors (Lipinski definition) is 10. The molecule has 0 spiro atoms. The second-order valence-electron chi connectivity index (χ2n) is 9.65. The first-order valence-corrected chi connectivity index (χ1v) is 13.2. The van der Waals surface area contributed by atoms with Crippen LogP contribution in [-0.2, 0) is 11.1 Å². The number of likely N-dealkylation sites (N-methyl/N-ethyl adjacent to an activating group) is 1. The summed E-state index contributed by atoms with van der Waals surface area (Å²) in [6.45, 7) is -14.1. The van der Waals surface area contributed by atoms with Crippen LogP contribution < -0.4 is 26.0 Å². The summed E-state index contributed by atoms with van der Waals surface area (Å²) in [6, 6.07) is 3.95. The van der Waals surface area contributed by atoms with E-state index in [2.05, 4.69) is 20.6 Å². The predicted molar refractivity (Wildman–Crippen MR) is 158 cm³/mol. The number of nitrogens with two attached hydrogens (primary N) is 1. The lowest BCUT2D eigenvalue weighted by Crippen LogP contribution is -2.52. The Morgan fingerprint density at radius 1 is 1.18 bits per heavy atom. The third kappa shape index (κ3) is 6.59. The number of aryl methyl sites for hydroxylation is 1. The van der Waals surface area contributed by atoms with Crippen LogP contribution in [0.4, 0.5) is 23.0 Å². The van der Waals surface area contributed by atoms with Crippen LogP contribution >= 0.6 is 0 Å². The van der Waals surface area contributed by atoms with E-state index in [0.717, 1.165) is 0 Å². The van der Waals surface area contributed by atoms with Crippen molar-refractivity contribution in [3.8, 4) is 5.75 Å². The zero-order valence-electron chi connectivity index (χ0n) is 35.6. The number of amides is 1. The summed E-state index contributed by atoms with van der Waals surface area (Å²) in [5.41, 5.74) is 6.31. The minimum atomic E-state index is -3.48. The van der Waals surface area contributed by atoms with Crippen LogP contribution in [0.15, 0.2) is 18.2 Å². The van der Waals surface area contributed by atoms with Gasteiger partial charge in [-0.15, -0.1) is 0 Å². The Hall–Kier alpha value is -3.15. The second kappa shape index (κ2) is 13.0. The highest BCUT2D eigenvalue weighted by Gasteiger charge is 2.28. The monoisotopic (exact) mass is 565 g/mol. The number of piperidine rings is 1. The number of nitrogens with one attached hydrogen (secondary N) is 2. The summed E-state index contributed by atoms with van der Waals surface area (Å²) in [4.78, 5) is 23.4. The molecular formula is C29H44N8O3. The van der Waals surface area contributed by atoms with Gasteiger partial charge in [0, 0.05) is 93.9 Å². The SMILES string of the molecule is [2H]C([2H])(C)c1nc(C(N)=O)c(Nc2ccc(N3CCC(N4C([2H])([2H])C([2H])([2H])N(C([2H])([2H])[2H])C([2H])([2H])C4([2H])[2H])CC3)c(OC)c2)nc1NC1CCOCC1. The molecule has 1 aromatic carbocycles. The Balaban J connectivity index is 1.39. The van der Waals surface area contributed by atoms with Gasteiger partial charge < -0.3 is 35.6 Å². The van der Waals surface area contributed by atoms with E-state index >= 15 is 0 Å². The van der Waals surface area contributed by atoms with E-state index in [0.29, 0.717) is 48.1 Å². The molecule has 0 aliphatic carbocycles. The van der Waals surface area contributed by atoms with Gasteiger partial charge in [0.05, 0.1) is 18.5 Å². The van der Waals surface area contributed by atoms with E-state index in [1.54, 1.807) is 18.2 Å². The fourth-order valence-corrected chi connectivity index (χ4v) is 4.97. The molecule has 1 aromatic heterocycles. The number of benzene rings is 1. The Morgan fingerprint density at radius 2 is 1.93 bits per heavy atom. The second-order valence-corrected chi connectivity index (χ2v) is 9.65. The molecule has 5 rings (SSSR count). The van der Waals surface area contributed by atoms with Crippen LogP contribution in [0.3, 0.4) is 0 Å². The summed E-state index contributed by atoms with van der Waals surface area (Å²) >= 11 is 0. The first-order chi connectivity index (χ1) is 24.4. The molecular weight excluding hydrogens is 508 g/mol. The molecule has 0 unspecified atom stereocenters. The number of hydrogen-bond donors (Lipinski definition) is 3. The van der Waals surface area contributed by atoms with Crippen molar-refractivity contribution in [1.29, 1.82) is 0 Å². The Morgan fingerprint density at radius 3 is 2.58 bits per heavy atom. The van der Waals surface area contributed by atoms with Crippen LogP contribution in [0.2, 0.25) is 0 Å². The van der Waals surface area contributed by atoms with Crippen LogP contribution in [0.25, 0.3) is 0 Å². The van der Waals surface area contributed by atoms with Crippen LogP contribution in [0.5, 0.6) is 5.75 Å². The number of carbonyl (C=O) groups excluding carboxylic acids is 1. The van der Waals surface area contributed by atoms with E-state index in [4.69, 9.17) is 33.0 Å². The van der Waals surface area contributed by atoms with Crippen molar-refractivity contribution in [3.05, 3.63) is 29.6 Å². The van der Waals surface area contributed by atoms with Gasteiger partial charge in [0.15, 0.2) is 17.3 Å². The van der Waals surface area contributed by atoms with Gasteiger partial charge in [-0.1, -0.05) is 6.92 Å². The minimum Gasteiger partial charge on any atom is -0.495 e. The van der Waals surface area contributed by atoms with Gasteiger partial charge in [-0.05, 0) is 51.2 Å². The number of rotatable bonds is 9. The predicted octanol–water partition coefficient (Wildman–Crippen LogP) is 2.70. The fourth-order valence-electron chi connectivity index (χ4n) is 4.97. The minimum absolute atomic E-state index is 0.0162. The third-order valence-electron chi connectivity index (χ3n) is 7.11. The smallest absolute Gasteiger partial charge is 0.271 e. The molecule has 0 atom stereocenters. The molecule has 0 radical (unpaired) electrons. The van der Waals surface area contributed by atoms with Crippen molar-refractivity contribution < 1.29 is 32.1 Å². The summed E-state index contributed by atoms with van der Waals surface area (Å²) in [5, 5.41) is 6.29. The number of nitrogens with zero attached hydrogens (tertiary/aromatic N) is 5. The zero-order valence-corrected chi connectivity index (χ0v) is 22.6. The molecule has 0 bridgehead atoms. The summed E-state index contributed by atoms with van der Waals surface area (Å²) in [6.07, 6.45) is -0.498. The van der Waals surface area contributed by atoms with Gasteiger partial charge in [-0.3, -0.25) is 9.69 Å². The van der Waals surface area contributed by atoms with E-state index in [1.807, 2.05) is 4.90 Å². The van der Waals surface area contributed by atoms with Gasteiger partial charge in [0.25, 0.3) is 5.91 Å². The molecule has 218 valence electrons. The van der Waals surface area contributed by atoms with E-state index in [1.165, 1.54) is 14.0 Å². The van der Waals surface area contributed by atoms with Crippen molar-refractivity contribution in [2.75, 3.05) is 81.9 Å². The molecule has 11 heteroatoms. The van der Waals surface area contributed by atoms with Crippen molar-refractivity contribution in [3.63, 3.8) is 0 Å². The topological polar surface area (TPSA) is 121 Å². The number of aromatic nitrogens is 2. The number of ether oxygens (including phenoxy) is 2. The molecule has 4 heterocycles. The van der Waals surface area contributed by atoms with E-state index in [-0.39, 0.29) is 59.9 Å². The zero-order chi connectivity index (χ0) is 39.5. The van der Waals surface area contributed by atoms with E-state index < -0.39 is 51.3 Å². The summed E-state index contributed by atoms with van der Waals surface area (Å²) in [5.74, 6) is -0.423. The molecule has 0 saturated carbocycles. The lowest BCUT2D eigenvalue weighted by molar-refractivity contribution is 0.0903. The van der Waals surface area contributed by atoms with Crippen molar-refractivity contribution in [1.82, 2.24) is 19.8 Å². The maximum Gasteiger partial charge on any atom is 0.271 e. The van der Waals surface area contributed by atoms with Crippen LogP contribution in [0.1, 0.15) is 66.6 Å². The number of piperazine rings is 1. The molecule has 40 heavy (non-hydrogen) atoms. The van der Waals surface area contributed by atoms with Gasteiger partial charge >= 0.3 is 0 Å². The number of primary amides is 1.